The van der Waals surface area contributed by atoms with Crippen LogP contribution in [0.25, 0.3) is 11.1 Å². The highest BCUT2D eigenvalue weighted by Crippen LogP contribution is 2.35. The van der Waals surface area contributed by atoms with Gasteiger partial charge in [-0.05, 0) is 48.7 Å². The molecule has 0 saturated carbocycles. The van der Waals surface area contributed by atoms with Crippen LogP contribution in [-0.2, 0) is 0 Å². The van der Waals surface area contributed by atoms with Gasteiger partial charge >= 0.3 is 0 Å². The van der Waals surface area contributed by atoms with Crippen molar-refractivity contribution in [3.63, 3.8) is 0 Å². The standard InChI is InChI=1S/C22H23NS/c1-17-10-15-22(18(2)16-17)23-24(3,4)21-13-11-20(12-14-21)19-8-6-5-7-9-19/h5-16,23H,3-4H2,1-2H3. The summed E-state index contributed by atoms with van der Waals surface area (Å²) in [4.78, 5) is 1.14. The van der Waals surface area contributed by atoms with Crippen molar-refractivity contribution < 1.29 is 0 Å². The summed E-state index contributed by atoms with van der Waals surface area (Å²) < 4.78 is 3.55. The summed E-state index contributed by atoms with van der Waals surface area (Å²) in [6.45, 7) is 4.22. The maximum atomic E-state index is 4.36. The Bertz CT molecular complexity index is 937. The summed E-state index contributed by atoms with van der Waals surface area (Å²) in [5, 5.41) is 0. The fourth-order valence-corrected chi connectivity index (χ4v) is 4.16. The lowest BCUT2D eigenvalue weighted by Crippen LogP contribution is -1.98. The minimum absolute atomic E-state index is 1.10. The molecule has 3 aromatic carbocycles. The average molecular weight is 334 g/mol. The quantitative estimate of drug-likeness (QED) is 0.575. The Morgan fingerprint density at radius 3 is 2.00 bits per heavy atom. The van der Waals surface area contributed by atoms with Gasteiger partial charge in [0.25, 0.3) is 0 Å². The summed E-state index contributed by atoms with van der Waals surface area (Å²) in [7, 11) is -1.60. The molecule has 0 aliphatic carbocycles. The molecule has 0 amide bonds. The number of hydrogen-bond donors (Lipinski definition) is 1. The van der Waals surface area contributed by atoms with Crippen LogP contribution >= 0.6 is 9.39 Å². The third-order valence-corrected chi connectivity index (χ3v) is 5.89. The highest BCUT2D eigenvalue weighted by Gasteiger charge is 2.05. The Hall–Kier alpha value is -2.45. The van der Waals surface area contributed by atoms with Gasteiger partial charge in [0.15, 0.2) is 0 Å². The number of anilines is 1. The topological polar surface area (TPSA) is 12.0 Å². The van der Waals surface area contributed by atoms with Crippen molar-refractivity contribution in [2.45, 2.75) is 18.7 Å². The van der Waals surface area contributed by atoms with Crippen LogP contribution < -0.4 is 4.72 Å². The molecule has 1 nitrogen and oxygen atoms in total. The summed E-state index contributed by atoms with van der Waals surface area (Å²) in [6, 6.07) is 25.4. The van der Waals surface area contributed by atoms with Gasteiger partial charge < -0.3 is 4.72 Å². The van der Waals surface area contributed by atoms with Gasteiger partial charge in [-0.25, -0.2) is 0 Å². The molecule has 3 aromatic rings. The lowest BCUT2D eigenvalue weighted by atomic mass is 10.1. The molecule has 0 spiro atoms. The summed E-state index contributed by atoms with van der Waals surface area (Å²) in [6.07, 6.45) is 0. The molecular formula is C22H23NS. The number of nitrogens with one attached hydrogen (secondary N) is 1. The van der Waals surface area contributed by atoms with Gasteiger partial charge in [-0.1, -0.05) is 71.9 Å². The number of rotatable bonds is 4. The molecule has 122 valence electrons. The molecule has 0 heterocycles. The molecule has 3 rings (SSSR count). The van der Waals surface area contributed by atoms with E-state index in [0.717, 1.165) is 10.6 Å². The van der Waals surface area contributed by atoms with Crippen molar-refractivity contribution in [1.29, 1.82) is 0 Å². The number of aryl methyl sites for hydroxylation is 2. The van der Waals surface area contributed by atoms with Gasteiger partial charge in [0.1, 0.15) is 0 Å². The van der Waals surface area contributed by atoms with E-state index in [4.69, 9.17) is 0 Å². The highest BCUT2D eigenvalue weighted by atomic mass is 32.2. The molecule has 0 atom stereocenters. The summed E-state index contributed by atoms with van der Waals surface area (Å²) in [5.74, 6) is 8.73. The first-order valence-corrected chi connectivity index (χ1v) is 9.93. The van der Waals surface area contributed by atoms with Crippen molar-refractivity contribution in [3.8, 4) is 11.1 Å². The minimum atomic E-state index is -1.60. The number of benzene rings is 3. The Morgan fingerprint density at radius 2 is 1.38 bits per heavy atom. The monoisotopic (exact) mass is 333 g/mol. The zero-order valence-electron chi connectivity index (χ0n) is 14.3. The zero-order chi connectivity index (χ0) is 17.2. The van der Waals surface area contributed by atoms with E-state index in [0.29, 0.717) is 0 Å². The van der Waals surface area contributed by atoms with E-state index in [-0.39, 0.29) is 0 Å². The zero-order valence-corrected chi connectivity index (χ0v) is 15.1. The van der Waals surface area contributed by atoms with Crippen molar-refractivity contribution in [3.05, 3.63) is 83.9 Å². The Balaban J connectivity index is 1.87. The van der Waals surface area contributed by atoms with Gasteiger partial charge in [0.2, 0.25) is 0 Å². The van der Waals surface area contributed by atoms with E-state index >= 15 is 0 Å². The summed E-state index contributed by atoms with van der Waals surface area (Å²) in [5.41, 5.74) is 6.02. The molecule has 1 N–H and O–H groups in total. The van der Waals surface area contributed by atoms with Crippen LogP contribution in [0.3, 0.4) is 0 Å². The molecule has 0 bridgehead atoms. The van der Waals surface area contributed by atoms with E-state index in [1.807, 2.05) is 6.07 Å². The third kappa shape index (κ3) is 3.55. The molecule has 24 heavy (non-hydrogen) atoms. The SMILES string of the molecule is C=S(=C)(Nc1ccc(C)cc1C)c1ccc(-c2ccccc2)cc1. The van der Waals surface area contributed by atoms with Crippen LogP contribution in [0.5, 0.6) is 0 Å². The molecule has 0 aliphatic rings. The lowest BCUT2D eigenvalue weighted by Gasteiger charge is -2.20. The van der Waals surface area contributed by atoms with Crippen LogP contribution in [0.4, 0.5) is 5.69 Å². The molecule has 0 radical (unpaired) electrons. The predicted molar refractivity (Wildman–Crippen MR) is 112 cm³/mol. The van der Waals surface area contributed by atoms with Gasteiger partial charge in [-0.2, -0.15) is 0 Å². The van der Waals surface area contributed by atoms with Gasteiger partial charge in [0, 0.05) is 10.6 Å². The van der Waals surface area contributed by atoms with Gasteiger partial charge in [-0.15, -0.1) is 9.39 Å². The summed E-state index contributed by atoms with van der Waals surface area (Å²) >= 11 is 0. The van der Waals surface area contributed by atoms with Gasteiger partial charge in [0.05, 0.1) is 0 Å². The molecule has 0 saturated heterocycles. The predicted octanol–water partition coefficient (Wildman–Crippen LogP) is 6.03. The Labute approximate surface area is 145 Å². The Morgan fingerprint density at radius 1 is 0.750 bits per heavy atom. The smallest absolute Gasteiger partial charge is 0.0463 e. The van der Waals surface area contributed by atoms with Crippen LogP contribution in [0.2, 0.25) is 0 Å². The molecular weight excluding hydrogens is 310 g/mol. The van der Waals surface area contributed by atoms with Crippen molar-refractivity contribution >= 4 is 26.8 Å². The van der Waals surface area contributed by atoms with Gasteiger partial charge in [-0.3, -0.25) is 0 Å². The minimum Gasteiger partial charge on any atom is -0.337 e. The number of hydrogen-bond acceptors (Lipinski definition) is 1. The maximum Gasteiger partial charge on any atom is 0.0463 e. The average Bonchev–Trinajstić information content (AvgIpc) is 2.58. The van der Waals surface area contributed by atoms with E-state index in [9.17, 15) is 0 Å². The first kappa shape index (κ1) is 16.4. The first-order valence-electron chi connectivity index (χ1n) is 7.96. The fourth-order valence-electron chi connectivity index (χ4n) is 2.74. The molecule has 2 heteroatoms. The molecule has 0 unspecified atom stereocenters. The fraction of sp³-hybridized carbons (Fsp3) is 0.0909. The second-order valence-corrected chi connectivity index (χ2v) is 8.64. The highest BCUT2D eigenvalue weighted by molar-refractivity contribution is 8.28. The lowest BCUT2D eigenvalue weighted by molar-refractivity contribution is 1.38. The Kier molecular flexibility index (Phi) is 4.50. The molecule has 0 aliphatic heterocycles. The van der Waals surface area contributed by atoms with Crippen molar-refractivity contribution in [1.82, 2.24) is 0 Å². The first-order chi connectivity index (χ1) is 11.5. The largest absolute Gasteiger partial charge is 0.337 e. The van der Waals surface area contributed by atoms with Crippen molar-refractivity contribution in [2.75, 3.05) is 4.72 Å². The van der Waals surface area contributed by atoms with Crippen LogP contribution in [0, 0.1) is 13.8 Å². The van der Waals surface area contributed by atoms with E-state index < -0.39 is 9.39 Å². The second kappa shape index (κ2) is 6.58. The van der Waals surface area contributed by atoms with E-state index in [1.54, 1.807) is 0 Å². The maximum absolute atomic E-state index is 4.36. The second-order valence-electron chi connectivity index (χ2n) is 6.19. The normalized spacial score (nSPS) is 11.2. The van der Waals surface area contributed by atoms with E-state index in [1.165, 1.54) is 22.3 Å². The van der Waals surface area contributed by atoms with E-state index in [2.05, 4.69) is 97.0 Å². The van der Waals surface area contributed by atoms with Crippen molar-refractivity contribution in [2.24, 2.45) is 0 Å². The van der Waals surface area contributed by atoms with Crippen LogP contribution in [-0.4, -0.2) is 11.7 Å². The van der Waals surface area contributed by atoms with Crippen LogP contribution in [0.1, 0.15) is 11.1 Å². The molecule has 0 fully saturated rings. The molecule has 0 aromatic heterocycles. The van der Waals surface area contributed by atoms with Crippen LogP contribution in [0.15, 0.2) is 77.7 Å². The third-order valence-electron chi connectivity index (χ3n) is 4.10.